The highest BCUT2D eigenvalue weighted by Crippen LogP contribution is 2.69. The first-order valence-corrected chi connectivity index (χ1v) is 11.1. The maximum absolute atomic E-state index is 12.2. The first-order chi connectivity index (χ1) is 14.2. The standard InChI is InChI=1S/C24H35NO5/c1-7-10-23(4)18-15-16-8-9-17(29-21(26)28-14-13-27-6)20-19(16)24(23,11-12-25(18)5)22(2,3)30-20/h8-9,18H,7,10-15H2,1-6H3. The van der Waals surface area contributed by atoms with E-state index in [2.05, 4.69) is 45.7 Å². The van der Waals surface area contributed by atoms with E-state index in [1.54, 1.807) is 7.11 Å². The van der Waals surface area contributed by atoms with Crippen LogP contribution in [0.1, 0.15) is 58.1 Å². The molecule has 3 unspecified atom stereocenters. The van der Waals surface area contributed by atoms with Crippen molar-refractivity contribution in [3.05, 3.63) is 23.3 Å². The Hall–Kier alpha value is -1.79. The molecule has 1 spiro atoms. The van der Waals surface area contributed by atoms with Gasteiger partial charge in [-0.3, -0.25) is 0 Å². The Morgan fingerprint density at radius 1 is 1.27 bits per heavy atom. The van der Waals surface area contributed by atoms with Gasteiger partial charge in [0.15, 0.2) is 11.5 Å². The summed E-state index contributed by atoms with van der Waals surface area (Å²) in [5.74, 6) is 1.18. The van der Waals surface area contributed by atoms with Crippen LogP contribution in [0.5, 0.6) is 11.5 Å². The molecule has 0 amide bonds. The van der Waals surface area contributed by atoms with Gasteiger partial charge in [-0.05, 0) is 63.7 Å². The van der Waals surface area contributed by atoms with Crippen LogP contribution in [0.4, 0.5) is 4.79 Å². The van der Waals surface area contributed by atoms with E-state index in [-0.39, 0.29) is 17.4 Å². The van der Waals surface area contributed by atoms with Crippen LogP contribution in [0.15, 0.2) is 12.1 Å². The van der Waals surface area contributed by atoms with Crippen LogP contribution in [0, 0.1) is 5.41 Å². The third-order valence-corrected chi connectivity index (χ3v) is 7.98. The summed E-state index contributed by atoms with van der Waals surface area (Å²) < 4.78 is 22.3. The number of rotatable bonds is 6. The summed E-state index contributed by atoms with van der Waals surface area (Å²) in [4.78, 5) is 14.8. The van der Waals surface area contributed by atoms with Crippen LogP contribution < -0.4 is 9.47 Å². The Morgan fingerprint density at radius 3 is 2.73 bits per heavy atom. The molecule has 2 aliphatic heterocycles. The summed E-state index contributed by atoms with van der Waals surface area (Å²) in [6.07, 6.45) is 3.57. The third kappa shape index (κ3) is 2.79. The van der Waals surface area contributed by atoms with Crippen molar-refractivity contribution in [3.8, 4) is 11.5 Å². The van der Waals surface area contributed by atoms with Crippen molar-refractivity contribution in [2.75, 3.05) is 33.9 Å². The Bertz CT molecular complexity index is 837. The molecule has 1 aromatic rings. The average molecular weight is 418 g/mol. The van der Waals surface area contributed by atoms with Crippen LogP contribution in [0.25, 0.3) is 0 Å². The maximum Gasteiger partial charge on any atom is 0.514 e. The molecule has 6 heteroatoms. The molecule has 0 radical (unpaired) electrons. The maximum atomic E-state index is 12.2. The number of ether oxygens (including phenoxy) is 4. The lowest BCUT2D eigenvalue weighted by molar-refractivity contribution is -0.116. The number of fused-ring (bicyclic) bond motifs is 1. The number of piperidine rings is 1. The summed E-state index contributed by atoms with van der Waals surface area (Å²) in [5.41, 5.74) is 2.15. The molecule has 1 aliphatic carbocycles. The SMILES string of the molecule is CCCC1(C)C2Cc3ccc(OC(=O)OCCOC)c4c3C1(CCN2C)C(C)(C)O4. The Labute approximate surface area is 179 Å². The summed E-state index contributed by atoms with van der Waals surface area (Å²) in [5, 5.41) is 0. The second-order valence-electron chi connectivity index (χ2n) is 9.76. The highest BCUT2D eigenvalue weighted by Gasteiger charge is 2.70. The molecule has 0 saturated carbocycles. The predicted octanol–water partition coefficient (Wildman–Crippen LogP) is 4.32. The number of carbonyl (C=O) groups is 1. The van der Waals surface area contributed by atoms with Crippen molar-refractivity contribution in [1.82, 2.24) is 4.90 Å². The van der Waals surface area contributed by atoms with Crippen molar-refractivity contribution in [3.63, 3.8) is 0 Å². The van der Waals surface area contributed by atoms with Gasteiger partial charge in [0.05, 0.1) is 6.61 Å². The molecule has 3 aliphatic rings. The fourth-order valence-corrected chi connectivity index (χ4v) is 6.84. The zero-order valence-corrected chi connectivity index (χ0v) is 19.2. The molecule has 2 heterocycles. The normalized spacial score (nSPS) is 31.1. The Balaban J connectivity index is 1.80. The Morgan fingerprint density at radius 2 is 2.03 bits per heavy atom. The minimum atomic E-state index is -0.723. The van der Waals surface area contributed by atoms with Gasteiger partial charge in [-0.1, -0.05) is 26.3 Å². The predicted molar refractivity (Wildman–Crippen MR) is 114 cm³/mol. The van der Waals surface area contributed by atoms with Crippen molar-refractivity contribution in [2.45, 2.75) is 70.4 Å². The van der Waals surface area contributed by atoms with Crippen LogP contribution in [-0.4, -0.2) is 56.6 Å². The van der Waals surface area contributed by atoms with Crippen LogP contribution >= 0.6 is 0 Å². The topological polar surface area (TPSA) is 57.2 Å². The van der Waals surface area contributed by atoms with Gasteiger partial charge in [0.2, 0.25) is 0 Å². The first kappa shape index (κ1) is 21.4. The number of likely N-dealkylation sites (tertiary alicyclic amines) is 1. The number of hydrogen-bond donors (Lipinski definition) is 0. The molecule has 6 nitrogen and oxygen atoms in total. The number of likely N-dealkylation sites (N-methyl/N-ethyl adjacent to an activating group) is 1. The molecule has 4 rings (SSSR count). The highest BCUT2D eigenvalue weighted by atomic mass is 16.7. The van der Waals surface area contributed by atoms with Crippen molar-refractivity contribution >= 4 is 6.16 Å². The second kappa shape index (κ2) is 7.41. The van der Waals surface area contributed by atoms with Crippen molar-refractivity contribution < 1.29 is 23.7 Å². The highest BCUT2D eigenvalue weighted by molar-refractivity contribution is 5.69. The van der Waals surface area contributed by atoms with E-state index in [0.29, 0.717) is 18.4 Å². The van der Waals surface area contributed by atoms with E-state index < -0.39 is 11.8 Å². The number of benzene rings is 1. The third-order valence-electron chi connectivity index (χ3n) is 7.98. The molecular formula is C24H35NO5. The fourth-order valence-electron chi connectivity index (χ4n) is 6.84. The summed E-state index contributed by atoms with van der Waals surface area (Å²) in [6.45, 7) is 10.7. The first-order valence-electron chi connectivity index (χ1n) is 11.1. The number of hydrogen-bond acceptors (Lipinski definition) is 6. The zero-order chi connectivity index (χ0) is 21.7. The summed E-state index contributed by atoms with van der Waals surface area (Å²) in [6, 6.07) is 4.45. The van der Waals surface area contributed by atoms with Gasteiger partial charge >= 0.3 is 6.16 Å². The number of methoxy groups -OCH3 is 1. The molecule has 0 N–H and O–H groups in total. The van der Waals surface area contributed by atoms with Crippen LogP contribution in [0.3, 0.4) is 0 Å². The molecule has 1 fully saturated rings. The van der Waals surface area contributed by atoms with E-state index in [9.17, 15) is 4.79 Å². The van der Waals surface area contributed by atoms with Crippen LogP contribution in [0.2, 0.25) is 0 Å². The van der Waals surface area contributed by atoms with Gasteiger partial charge in [-0.25, -0.2) is 4.79 Å². The molecular weight excluding hydrogens is 382 g/mol. The van der Waals surface area contributed by atoms with Gasteiger partial charge < -0.3 is 23.8 Å². The van der Waals surface area contributed by atoms with Gasteiger partial charge in [0, 0.05) is 24.1 Å². The molecule has 30 heavy (non-hydrogen) atoms. The van der Waals surface area contributed by atoms with E-state index in [0.717, 1.165) is 38.0 Å². The molecule has 0 aromatic heterocycles. The molecule has 1 saturated heterocycles. The zero-order valence-electron chi connectivity index (χ0n) is 19.2. The Kier molecular flexibility index (Phi) is 5.30. The summed E-state index contributed by atoms with van der Waals surface area (Å²) >= 11 is 0. The average Bonchev–Trinajstić information content (AvgIpc) is 2.92. The van der Waals surface area contributed by atoms with E-state index in [4.69, 9.17) is 18.9 Å². The quantitative estimate of drug-likeness (QED) is 0.390. The van der Waals surface area contributed by atoms with Crippen molar-refractivity contribution in [2.24, 2.45) is 5.41 Å². The minimum absolute atomic E-state index is 0.0775. The van der Waals surface area contributed by atoms with Gasteiger partial charge in [0.25, 0.3) is 0 Å². The lowest BCUT2D eigenvalue weighted by atomic mass is 9.44. The molecule has 166 valence electrons. The lowest BCUT2D eigenvalue weighted by Gasteiger charge is -2.64. The number of nitrogens with zero attached hydrogens (tertiary/aromatic N) is 1. The minimum Gasteiger partial charge on any atom is -0.483 e. The molecule has 2 bridgehead atoms. The van der Waals surface area contributed by atoms with Crippen molar-refractivity contribution in [1.29, 1.82) is 0 Å². The number of carbonyl (C=O) groups excluding carboxylic acids is 1. The largest absolute Gasteiger partial charge is 0.514 e. The van der Waals surface area contributed by atoms with E-state index >= 15 is 0 Å². The van der Waals surface area contributed by atoms with E-state index in [1.807, 2.05) is 6.07 Å². The molecule has 1 aromatic carbocycles. The fraction of sp³-hybridized carbons (Fsp3) is 0.708. The van der Waals surface area contributed by atoms with Gasteiger partial charge in [-0.15, -0.1) is 0 Å². The van der Waals surface area contributed by atoms with E-state index in [1.165, 1.54) is 11.1 Å². The van der Waals surface area contributed by atoms with Gasteiger partial charge in [0.1, 0.15) is 12.2 Å². The molecule has 3 atom stereocenters. The lowest BCUT2D eigenvalue weighted by Crippen LogP contribution is -2.70. The monoisotopic (exact) mass is 417 g/mol. The van der Waals surface area contributed by atoms with Crippen LogP contribution in [-0.2, 0) is 21.3 Å². The summed E-state index contributed by atoms with van der Waals surface area (Å²) in [7, 11) is 3.82. The smallest absolute Gasteiger partial charge is 0.483 e. The van der Waals surface area contributed by atoms with Gasteiger partial charge in [-0.2, -0.15) is 0 Å². The second-order valence-corrected chi connectivity index (χ2v) is 9.76.